The Hall–Kier alpha value is -3.29. The van der Waals surface area contributed by atoms with E-state index in [-0.39, 0.29) is 11.6 Å². The highest BCUT2D eigenvalue weighted by atomic mass is 16.3. The summed E-state index contributed by atoms with van der Waals surface area (Å²) in [5, 5.41) is 17.5. The van der Waals surface area contributed by atoms with Crippen LogP contribution < -0.4 is 5.43 Å². The first kappa shape index (κ1) is 15.6. The number of amides is 1. The van der Waals surface area contributed by atoms with Gasteiger partial charge in [-0.15, -0.1) is 5.10 Å². The monoisotopic (exact) mass is 324 g/mol. The first-order valence-corrected chi connectivity index (χ1v) is 7.29. The van der Waals surface area contributed by atoms with Crippen LogP contribution in [0, 0.1) is 13.8 Å². The zero-order valence-electron chi connectivity index (χ0n) is 13.5. The van der Waals surface area contributed by atoms with Crippen molar-refractivity contribution in [2.24, 2.45) is 5.10 Å². The highest BCUT2D eigenvalue weighted by Gasteiger charge is 2.14. The number of rotatable bonds is 3. The summed E-state index contributed by atoms with van der Waals surface area (Å²) in [6.45, 7) is 5.47. The number of benzene rings is 1. The van der Waals surface area contributed by atoms with E-state index < -0.39 is 5.91 Å². The summed E-state index contributed by atoms with van der Waals surface area (Å²) in [4.78, 5) is 20.5. The standard InChI is InChI=1S/C16H16N6O2/c1-9-8-10(2)22-16(17-9)18-14(21-22)15(24)20-19-11(3)12-4-6-13(23)7-5-12/h4-8,23H,1-3H3,(H,20,24)/b19-11-. The molecule has 3 rings (SSSR count). The van der Waals surface area contributed by atoms with Gasteiger partial charge in [0.2, 0.25) is 5.82 Å². The minimum Gasteiger partial charge on any atom is -0.508 e. The molecule has 0 radical (unpaired) electrons. The molecule has 2 aromatic heterocycles. The van der Waals surface area contributed by atoms with Crippen LogP contribution in [0.2, 0.25) is 0 Å². The number of hydrogen-bond acceptors (Lipinski definition) is 6. The Balaban J connectivity index is 1.81. The third kappa shape index (κ3) is 3.07. The molecule has 0 bridgehead atoms. The second kappa shape index (κ2) is 6.07. The number of carbonyl (C=O) groups is 1. The van der Waals surface area contributed by atoms with Crippen molar-refractivity contribution in [1.82, 2.24) is 25.0 Å². The van der Waals surface area contributed by atoms with Crippen molar-refractivity contribution in [3.8, 4) is 5.75 Å². The second-order valence-electron chi connectivity index (χ2n) is 5.37. The number of nitrogens with zero attached hydrogens (tertiary/aromatic N) is 5. The largest absolute Gasteiger partial charge is 0.508 e. The molecule has 1 amide bonds. The van der Waals surface area contributed by atoms with Gasteiger partial charge in [0.1, 0.15) is 5.75 Å². The fourth-order valence-electron chi connectivity index (χ4n) is 2.21. The van der Waals surface area contributed by atoms with Crippen LogP contribution in [-0.4, -0.2) is 36.3 Å². The molecule has 2 heterocycles. The van der Waals surface area contributed by atoms with E-state index in [0.29, 0.717) is 11.5 Å². The van der Waals surface area contributed by atoms with Gasteiger partial charge in [0.05, 0.1) is 5.71 Å². The fourth-order valence-corrected chi connectivity index (χ4v) is 2.21. The molecule has 0 atom stereocenters. The van der Waals surface area contributed by atoms with Gasteiger partial charge in [0.25, 0.3) is 5.78 Å². The molecule has 0 saturated heterocycles. The molecule has 24 heavy (non-hydrogen) atoms. The van der Waals surface area contributed by atoms with E-state index in [1.54, 1.807) is 31.2 Å². The molecular weight excluding hydrogens is 308 g/mol. The van der Waals surface area contributed by atoms with Gasteiger partial charge in [0.15, 0.2) is 0 Å². The van der Waals surface area contributed by atoms with E-state index >= 15 is 0 Å². The molecule has 0 aliphatic rings. The lowest BCUT2D eigenvalue weighted by atomic mass is 10.1. The minimum absolute atomic E-state index is 0.00143. The molecule has 122 valence electrons. The highest BCUT2D eigenvalue weighted by molar-refractivity contribution is 6.00. The van der Waals surface area contributed by atoms with Crippen molar-refractivity contribution in [2.75, 3.05) is 0 Å². The third-order valence-corrected chi connectivity index (χ3v) is 3.43. The van der Waals surface area contributed by atoms with Gasteiger partial charge < -0.3 is 5.11 Å². The SMILES string of the molecule is C/C(=N/NC(=O)c1nc2nc(C)cc(C)n2n1)c1ccc(O)cc1. The number of hydrazone groups is 1. The number of aromatic hydroxyl groups is 1. The van der Waals surface area contributed by atoms with Crippen molar-refractivity contribution in [3.63, 3.8) is 0 Å². The number of aromatic nitrogens is 4. The Morgan fingerprint density at radius 2 is 1.92 bits per heavy atom. The Morgan fingerprint density at radius 3 is 2.62 bits per heavy atom. The number of hydrogen-bond donors (Lipinski definition) is 2. The Kier molecular flexibility index (Phi) is 3.95. The van der Waals surface area contributed by atoms with Gasteiger partial charge in [-0.25, -0.2) is 14.9 Å². The van der Waals surface area contributed by atoms with E-state index in [9.17, 15) is 9.90 Å². The molecule has 8 heteroatoms. The first-order chi connectivity index (χ1) is 11.4. The zero-order valence-corrected chi connectivity index (χ0v) is 13.5. The first-order valence-electron chi connectivity index (χ1n) is 7.29. The van der Waals surface area contributed by atoms with Gasteiger partial charge in [0, 0.05) is 11.4 Å². The van der Waals surface area contributed by atoms with E-state index in [1.165, 1.54) is 4.52 Å². The summed E-state index contributed by atoms with van der Waals surface area (Å²) in [6.07, 6.45) is 0. The number of phenolic OH excluding ortho intramolecular Hbond substituents is 1. The lowest BCUT2D eigenvalue weighted by Crippen LogP contribution is -2.20. The maximum atomic E-state index is 12.2. The van der Waals surface area contributed by atoms with Gasteiger partial charge >= 0.3 is 5.91 Å². The summed E-state index contributed by atoms with van der Waals surface area (Å²) < 4.78 is 1.51. The molecule has 3 aromatic rings. The Bertz CT molecular complexity index is 943. The second-order valence-corrected chi connectivity index (χ2v) is 5.37. The maximum absolute atomic E-state index is 12.2. The van der Waals surface area contributed by atoms with E-state index in [0.717, 1.165) is 17.0 Å². The molecule has 0 aliphatic carbocycles. The van der Waals surface area contributed by atoms with Crippen LogP contribution in [-0.2, 0) is 0 Å². The van der Waals surface area contributed by atoms with E-state index in [4.69, 9.17) is 0 Å². The third-order valence-electron chi connectivity index (χ3n) is 3.43. The number of fused-ring (bicyclic) bond motifs is 1. The molecule has 0 aliphatic heterocycles. The topological polar surface area (TPSA) is 105 Å². The molecule has 0 spiro atoms. The summed E-state index contributed by atoms with van der Waals surface area (Å²) in [5.74, 6) is 0.0219. The highest BCUT2D eigenvalue weighted by Crippen LogP contribution is 2.10. The fraction of sp³-hybridized carbons (Fsp3) is 0.188. The van der Waals surface area contributed by atoms with Crippen molar-refractivity contribution in [3.05, 3.63) is 53.1 Å². The molecule has 0 fully saturated rings. The van der Waals surface area contributed by atoms with Crippen LogP contribution in [0.1, 0.15) is 34.5 Å². The molecule has 0 unspecified atom stereocenters. The summed E-state index contributed by atoms with van der Waals surface area (Å²) in [7, 11) is 0. The number of nitrogens with one attached hydrogen (secondary N) is 1. The van der Waals surface area contributed by atoms with Gasteiger partial charge in [-0.2, -0.15) is 10.1 Å². The van der Waals surface area contributed by atoms with Crippen LogP contribution >= 0.6 is 0 Å². The van der Waals surface area contributed by atoms with Crippen LogP contribution in [0.15, 0.2) is 35.4 Å². The van der Waals surface area contributed by atoms with E-state index in [2.05, 4.69) is 25.6 Å². The lowest BCUT2D eigenvalue weighted by molar-refractivity contribution is 0.0944. The van der Waals surface area contributed by atoms with Crippen LogP contribution in [0.25, 0.3) is 5.78 Å². The lowest BCUT2D eigenvalue weighted by Gasteiger charge is -2.01. The van der Waals surface area contributed by atoms with Crippen molar-refractivity contribution >= 4 is 17.4 Å². The zero-order chi connectivity index (χ0) is 17.3. The number of aryl methyl sites for hydroxylation is 2. The van der Waals surface area contributed by atoms with Gasteiger partial charge in [-0.3, -0.25) is 4.79 Å². The average Bonchev–Trinajstić information content (AvgIpc) is 2.97. The predicted molar refractivity (Wildman–Crippen MR) is 88.0 cm³/mol. The minimum atomic E-state index is -0.518. The normalized spacial score (nSPS) is 11.7. The van der Waals surface area contributed by atoms with Gasteiger partial charge in [-0.05, 0) is 56.7 Å². The van der Waals surface area contributed by atoms with Crippen molar-refractivity contribution in [1.29, 1.82) is 0 Å². The summed E-state index contributed by atoms with van der Waals surface area (Å²) in [5.41, 5.74) is 5.45. The van der Waals surface area contributed by atoms with Crippen LogP contribution in [0.5, 0.6) is 5.75 Å². The molecular formula is C16H16N6O2. The molecule has 1 aromatic carbocycles. The molecule has 8 nitrogen and oxygen atoms in total. The summed E-state index contributed by atoms with van der Waals surface area (Å²) in [6, 6.07) is 8.38. The molecule has 0 saturated carbocycles. The summed E-state index contributed by atoms with van der Waals surface area (Å²) >= 11 is 0. The quantitative estimate of drug-likeness (QED) is 0.562. The van der Waals surface area contributed by atoms with Crippen molar-refractivity contribution < 1.29 is 9.90 Å². The van der Waals surface area contributed by atoms with Crippen LogP contribution in [0.3, 0.4) is 0 Å². The smallest absolute Gasteiger partial charge is 0.311 e. The Labute approximate surface area is 137 Å². The van der Waals surface area contributed by atoms with E-state index in [1.807, 2.05) is 19.9 Å². The average molecular weight is 324 g/mol. The predicted octanol–water partition coefficient (Wildman–Crippen LogP) is 1.60. The van der Waals surface area contributed by atoms with Crippen LogP contribution in [0.4, 0.5) is 0 Å². The maximum Gasteiger partial charge on any atom is 0.311 e. The molecule has 2 N–H and O–H groups in total. The number of phenols is 1. The van der Waals surface area contributed by atoms with Gasteiger partial charge in [-0.1, -0.05) is 0 Å². The number of carbonyl (C=O) groups excluding carboxylic acids is 1. The van der Waals surface area contributed by atoms with Crippen molar-refractivity contribution in [2.45, 2.75) is 20.8 Å². The Morgan fingerprint density at radius 1 is 1.21 bits per heavy atom.